The van der Waals surface area contributed by atoms with Gasteiger partial charge in [0.15, 0.2) is 0 Å². The van der Waals surface area contributed by atoms with E-state index in [4.69, 9.17) is 4.74 Å². The van der Waals surface area contributed by atoms with Crippen LogP contribution in [0.5, 0.6) is 0 Å². The fourth-order valence-electron chi connectivity index (χ4n) is 1.90. The number of ether oxygens (including phenoxy) is 1. The highest BCUT2D eigenvalue weighted by Crippen LogP contribution is 2.23. The molecule has 1 aliphatic heterocycles. The Bertz CT molecular complexity index is 248. The first-order valence-electron chi connectivity index (χ1n) is 5.95. The van der Waals surface area contributed by atoms with Crippen molar-refractivity contribution in [3.05, 3.63) is 0 Å². The van der Waals surface area contributed by atoms with E-state index >= 15 is 0 Å². The second-order valence-corrected chi connectivity index (χ2v) is 6.38. The van der Waals surface area contributed by atoms with Gasteiger partial charge in [-0.2, -0.15) is 12.6 Å². The summed E-state index contributed by atoms with van der Waals surface area (Å²) in [6, 6.07) is 0. The summed E-state index contributed by atoms with van der Waals surface area (Å²) in [7, 11) is 0. The lowest BCUT2D eigenvalue weighted by molar-refractivity contribution is 0.0167. The normalized spacial score (nSPS) is 24.1. The van der Waals surface area contributed by atoms with Crippen molar-refractivity contribution < 1.29 is 9.53 Å². The Balaban J connectivity index is 2.50. The minimum Gasteiger partial charge on any atom is -0.444 e. The largest absolute Gasteiger partial charge is 0.444 e. The predicted molar refractivity (Wildman–Crippen MR) is 69.0 cm³/mol. The van der Waals surface area contributed by atoms with Crippen LogP contribution in [0.25, 0.3) is 0 Å². The molecule has 1 rings (SSSR count). The zero-order valence-corrected chi connectivity index (χ0v) is 11.6. The number of thiol groups is 1. The van der Waals surface area contributed by atoms with E-state index < -0.39 is 5.60 Å². The third kappa shape index (κ3) is 4.24. The fourth-order valence-corrected chi connectivity index (χ4v) is 2.14. The lowest BCUT2D eigenvalue weighted by Gasteiger charge is -2.35. The van der Waals surface area contributed by atoms with Crippen LogP contribution in [0.2, 0.25) is 0 Å². The molecule has 1 aliphatic rings. The molecule has 0 saturated carbocycles. The summed E-state index contributed by atoms with van der Waals surface area (Å²) in [4.78, 5) is 13.7. The second-order valence-electron chi connectivity index (χ2n) is 5.57. The lowest BCUT2D eigenvalue weighted by Crippen LogP contribution is -2.44. The van der Waals surface area contributed by atoms with Crippen LogP contribution < -0.4 is 0 Å². The fraction of sp³-hybridized carbons (Fsp3) is 0.917. The summed E-state index contributed by atoms with van der Waals surface area (Å²) in [5.74, 6) is 0.490. The molecule has 0 unspecified atom stereocenters. The van der Waals surface area contributed by atoms with Gasteiger partial charge in [-0.1, -0.05) is 6.92 Å². The molecule has 0 N–H and O–H groups in total. The van der Waals surface area contributed by atoms with E-state index in [1.54, 1.807) is 0 Å². The molecule has 0 radical (unpaired) electrons. The van der Waals surface area contributed by atoms with E-state index in [0.29, 0.717) is 11.2 Å². The van der Waals surface area contributed by atoms with Crippen molar-refractivity contribution in [3.8, 4) is 0 Å². The van der Waals surface area contributed by atoms with Crippen molar-refractivity contribution in [2.75, 3.05) is 13.1 Å². The smallest absolute Gasteiger partial charge is 0.410 e. The number of carbonyl (C=O) groups excluding carboxylic acids is 1. The zero-order chi connectivity index (χ0) is 12.3. The van der Waals surface area contributed by atoms with Gasteiger partial charge in [-0.05, 0) is 39.5 Å². The SMILES string of the molecule is C[C@H](S)[C@@H]1CCCN(C(=O)OC(C)(C)C)C1. The molecule has 4 heteroatoms. The maximum atomic E-state index is 11.9. The first-order valence-corrected chi connectivity index (χ1v) is 6.47. The van der Waals surface area contributed by atoms with Crippen molar-refractivity contribution in [1.82, 2.24) is 4.90 Å². The van der Waals surface area contributed by atoms with Gasteiger partial charge in [-0.25, -0.2) is 4.79 Å². The standard InChI is InChI=1S/C12H23NO2S/c1-9(16)10-6-5-7-13(8-10)11(14)15-12(2,3)4/h9-10,16H,5-8H2,1-4H3/t9-,10+/m0/s1. The predicted octanol–water partition coefficient (Wildman–Crippen LogP) is 2.95. The van der Waals surface area contributed by atoms with E-state index in [-0.39, 0.29) is 6.09 Å². The van der Waals surface area contributed by atoms with Crippen LogP contribution in [0.15, 0.2) is 0 Å². The Morgan fingerprint density at radius 2 is 2.12 bits per heavy atom. The molecule has 1 fully saturated rings. The summed E-state index contributed by atoms with van der Waals surface area (Å²) in [5.41, 5.74) is -0.406. The van der Waals surface area contributed by atoms with Crippen LogP contribution in [-0.4, -0.2) is 34.9 Å². The van der Waals surface area contributed by atoms with Gasteiger partial charge >= 0.3 is 6.09 Å². The number of likely N-dealkylation sites (tertiary alicyclic amines) is 1. The summed E-state index contributed by atoms with van der Waals surface area (Å²) in [5, 5.41) is 0.338. The van der Waals surface area contributed by atoms with Gasteiger partial charge in [-0.3, -0.25) is 0 Å². The lowest BCUT2D eigenvalue weighted by atomic mass is 9.95. The Kier molecular flexibility index (Phi) is 4.53. The van der Waals surface area contributed by atoms with Crippen molar-refractivity contribution in [3.63, 3.8) is 0 Å². The van der Waals surface area contributed by atoms with E-state index in [1.165, 1.54) is 0 Å². The molecule has 0 bridgehead atoms. The van der Waals surface area contributed by atoms with E-state index in [2.05, 4.69) is 19.6 Å². The topological polar surface area (TPSA) is 29.5 Å². The van der Waals surface area contributed by atoms with Crippen molar-refractivity contribution in [1.29, 1.82) is 0 Å². The Morgan fingerprint density at radius 1 is 1.50 bits per heavy atom. The van der Waals surface area contributed by atoms with E-state index in [0.717, 1.165) is 25.9 Å². The molecule has 1 heterocycles. The average Bonchev–Trinajstić information content (AvgIpc) is 2.15. The Hall–Kier alpha value is -0.380. The number of amides is 1. The van der Waals surface area contributed by atoms with Gasteiger partial charge in [0.2, 0.25) is 0 Å². The van der Waals surface area contributed by atoms with Crippen molar-refractivity contribution in [2.45, 2.75) is 51.4 Å². The van der Waals surface area contributed by atoms with Gasteiger partial charge < -0.3 is 9.64 Å². The molecule has 0 aromatic rings. The average molecular weight is 245 g/mol. The van der Waals surface area contributed by atoms with Crippen LogP contribution in [0, 0.1) is 5.92 Å². The number of hydrogen-bond acceptors (Lipinski definition) is 3. The van der Waals surface area contributed by atoms with Crippen molar-refractivity contribution >= 4 is 18.7 Å². The third-order valence-corrected chi connectivity index (χ3v) is 3.21. The molecule has 16 heavy (non-hydrogen) atoms. The molecule has 2 atom stereocenters. The van der Waals surface area contributed by atoms with E-state index in [9.17, 15) is 4.79 Å². The monoisotopic (exact) mass is 245 g/mol. The van der Waals surface area contributed by atoms with Crippen LogP contribution in [0.4, 0.5) is 4.79 Å². The highest BCUT2D eigenvalue weighted by molar-refractivity contribution is 7.80. The van der Waals surface area contributed by atoms with Crippen LogP contribution in [0.3, 0.4) is 0 Å². The molecule has 0 aromatic carbocycles. The summed E-state index contributed by atoms with van der Waals surface area (Å²) < 4.78 is 5.37. The number of nitrogens with zero attached hydrogens (tertiary/aromatic N) is 1. The van der Waals surface area contributed by atoms with Gasteiger partial charge in [-0.15, -0.1) is 0 Å². The highest BCUT2D eigenvalue weighted by Gasteiger charge is 2.28. The second kappa shape index (κ2) is 5.30. The maximum Gasteiger partial charge on any atom is 0.410 e. The number of rotatable bonds is 1. The van der Waals surface area contributed by atoms with Gasteiger partial charge in [0.1, 0.15) is 5.60 Å². The molecular weight excluding hydrogens is 222 g/mol. The highest BCUT2D eigenvalue weighted by atomic mass is 32.1. The van der Waals surface area contributed by atoms with Crippen LogP contribution in [0.1, 0.15) is 40.5 Å². The number of piperidine rings is 1. The quantitative estimate of drug-likeness (QED) is 0.720. The summed E-state index contributed by atoms with van der Waals surface area (Å²) in [6.45, 7) is 9.37. The van der Waals surface area contributed by atoms with Crippen LogP contribution in [-0.2, 0) is 4.74 Å². The molecule has 94 valence electrons. The molecule has 3 nitrogen and oxygen atoms in total. The third-order valence-electron chi connectivity index (χ3n) is 2.79. The minimum atomic E-state index is -0.406. The molecule has 0 aromatic heterocycles. The van der Waals surface area contributed by atoms with Gasteiger partial charge in [0, 0.05) is 18.3 Å². The summed E-state index contributed by atoms with van der Waals surface area (Å²) >= 11 is 4.46. The zero-order valence-electron chi connectivity index (χ0n) is 10.7. The van der Waals surface area contributed by atoms with Crippen LogP contribution >= 0.6 is 12.6 Å². The Labute approximate surface area is 104 Å². The molecule has 0 spiro atoms. The molecule has 1 saturated heterocycles. The maximum absolute atomic E-state index is 11.9. The Morgan fingerprint density at radius 3 is 2.62 bits per heavy atom. The van der Waals surface area contributed by atoms with Gasteiger partial charge in [0.25, 0.3) is 0 Å². The first kappa shape index (κ1) is 13.7. The molecule has 0 aliphatic carbocycles. The first-order chi connectivity index (χ1) is 7.29. The number of hydrogen-bond donors (Lipinski definition) is 1. The minimum absolute atomic E-state index is 0.189. The molecule has 1 amide bonds. The summed E-state index contributed by atoms with van der Waals surface area (Å²) in [6.07, 6.45) is 2.02. The molecular formula is C12H23NO2S. The number of carbonyl (C=O) groups is 1. The van der Waals surface area contributed by atoms with Gasteiger partial charge in [0.05, 0.1) is 0 Å². The van der Waals surface area contributed by atoms with E-state index in [1.807, 2.05) is 25.7 Å². The van der Waals surface area contributed by atoms with Crippen molar-refractivity contribution in [2.24, 2.45) is 5.92 Å².